The third kappa shape index (κ3) is 2.38. The molecule has 1 aromatic heterocycles. The van der Waals surface area contributed by atoms with Crippen molar-refractivity contribution in [2.75, 3.05) is 13.2 Å². The molecule has 2 atom stereocenters. The molecule has 2 heterocycles. The van der Waals surface area contributed by atoms with Gasteiger partial charge >= 0.3 is 0 Å². The summed E-state index contributed by atoms with van der Waals surface area (Å²) in [5.74, 6) is -1.33. The van der Waals surface area contributed by atoms with Gasteiger partial charge in [-0.15, -0.1) is 11.3 Å². The number of amides is 1. The van der Waals surface area contributed by atoms with Gasteiger partial charge in [0.15, 0.2) is 5.78 Å². The first-order chi connectivity index (χ1) is 9.10. The highest BCUT2D eigenvalue weighted by atomic mass is 32.1. The van der Waals surface area contributed by atoms with Crippen molar-refractivity contribution in [1.82, 2.24) is 5.32 Å². The van der Waals surface area contributed by atoms with Crippen LogP contribution in [0.15, 0.2) is 0 Å². The lowest BCUT2D eigenvalue weighted by Gasteiger charge is -2.27. The number of rotatable bonds is 4. The number of primary amides is 1. The number of ketones is 1. The van der Waals surface area contributed by atoms with Crippen molar-refractivity contribution in [3.8, 4) is 6.07 Å². The van der Waals surface area contributed by atoms with Crippen LogP contribution in [0.2, 0.25) is 0 Å². The van der Waals surface area contributed by atoms with E-state index in [1.54, 1.807) is 0 Å². The third-order valence-electron chi connectivity index (χ3n) is 3.07. The molecular formula is C12H12N3O3S. The summed E-state index contributed by atoms with van der Waals surface area (Å²) in [6.07, 6.45) is 0.0259. The van der Waals surface area contributed by atoms with Crippen LogP contribution in [0.3, 0.4) is 0 Å². The monoisotopic (exact) mass is 278 g/mol. The van der Waals surface area contributed by atoms with Crippen LogP contribution in [0.4, 0.5) is 0 Å². The first-order valence-electron chi connectivity index (χ1n) is 5.70. The maximum atomic E-state index is 11.9. The number of aliphatic hydroxyl groups excluding tert-OH is 1. The first kappa shape index (κ1) is 13.7. The highest BCUT2D eigenvalue weighted by Crippen LogP contribution is 2.37. The van der Waals surface area contributed by atoms with Gasteiger partial charge in [0.25, 0.3) is 0 Å². The van der Waals surface area contributed by atoms with E-state index in [1.165, 1.54) is 0 Å². The summed E-state index contributed by atoms with van der Waals surface area (Å²) < 4.78 is 0. The molecule has 7 heteroatoms. The van der Waals surface area contributed by atoms with Gasteiger partial charge in [0, 0.05) is 23.4 Å². The van der Waals surface area contributed by atoms with Crippen molar-refractivity contribution in [2.24, 2.45) is 5.73 Å². The fraction of sp³-hybridized carbons (Fsp3) is 0.417. The Balaban J connectivity index is 2.44. The van der Waals surface area contributed by atoms with Crippen LogP contribution in [-0.2, 0) is 9.59 Å². The molecule has 1 radical (unpaired) electrons. The highest BCUT2D eigenvalue weighted by molar-refractivity contribution is 7.10. The van der Waals surface area contributed by atoms with Crippen LogP contribution >= 0.6 is 11.3 Å². The number of nitrogens with zero attached hydrogens (tertiary/aromatic N) is 1. The minimum absolute atomic E-state index is 0.0259. The largest absolute Gasteiger partial charge is 0.396 e. The molecule has 0 aliphatic carbocycles. The molecule has 0 spiro atoms. The van der Waals surface area contributed by atoms with Crippen molar-refractivity contribution in [3.05, 3.63) is 21.4 Å². The summed E-state index contributed by atoms with van der Waals surface area (Å²) in [5, 5.41) is 23.6. The van der Waals surface area contributed by atoms with E-state index in [2.05, 4.69) is 10.7 Å². The minimum Gasteiger partial charge on any atom is -0.396 e. The average Bonchev–Trinajstić information content (AvgIpc) is 2.81. The van der Waals surface area contributed by atoms with Gasteiger partial charge in [-0.3, -0.25) is 9.59 Å². The molecule has 1 amide bonds. The molecule has 99 valence electrons. The van der Waals surface area contributed by atoms with Gasteiger partial charge in [-0.1, -0.05) is 0 Å². The van der Waals surface area contributed by atoms with Gasteiger partial charge in [-0.05, 0) is 0 Å². The Morgan fingerprint density at radius 2 is 2.37 bits per heavy atom. The van der Waals surface area contributed by atoms with Gasteiger partial charge < -0.3 is 16.2 Å². The summed E-state index contributed by atoms with van der Waals surface area (Å²) in [4.78, 5) is 23.9. The fourth-order valence-corrected chi connectivity index (χ4v) is 3.23. The molecule has 6 nitrogen and oxygen atoms in total. The second-order valence-electron chi connectivity index (χ2n) is 4.20. The number of nitrogens with two attached hydrogens (primary N) is 1. The molecular weight excluding hydrogens is 266 g/mol. The number of hydrogen-bond acceptors (Lipinski definition) is 6. The van der Waals surface area contributed by atoms with Crippen LogP contribution in [0, 0.1) is 16.7 Å². The third-order valence-corrected chi connectivity index (χ3v) is 4.05. The van der Waals surface area contributed by atoms with Crippen LogP contribution in [-0.4, -0.2) is 29.9 Å². The van der Waals surface area contributed by atoms with Crippen LogP contribution in [0.5, 0.6) is 0 Å². The number of Topliss-reactive ketones (excluding diaryl/α,β-unsaturated/α-hetero) is 1. The molecule has 0 bridgehead atoms. The maximum absolute atomic E-state index is 11.9. The Bertz CT molecular complexity index is 561. The second kappa shape index (κ2) is 5.48. The molecule has 19 heavy (non-hydrogen) atoms. The van der Waals surface area contributed by atoms with Crippen molar-refractivity contribution in [3.63, 3.8) is 0 Å². The number of carbonyl (C=O) groups excluding carboxylic acids is 2. The van der Waals surface area contributed by atoms with Crippen molar-refractivity contribution < 1.29 is 14.7 Å². The zero-order valence-corrected chi connectivity index (χ0v) is 10.8. The molecule has 0 fully saturated rings. The summed E-state index contributed by atoms with van der Waals surface area (Å²) in [5.41, 5.74) is 6.10. The lowest BCUT2D eigenvalue weighted by Crippen LogP contribution is -2.41. The van der Waals surface area contributed by atoms with Gasteiger partial charge in [0.2, 0.25) is 5.91 Å². The van der Waals surface area contributed by atoms with E-state index in [0.717, 1.165) is 11.3 Å². The van der Waals surface area contributed by atoms with Crippen LogP contribution in [0.1, 0.15) is 34.4 Å². The molecule has 1 aliphatic rings. The van der Waals surface area contributed by atoms with Crippen LogP contribution < -0.4 is 11.1 Å². The zero-order chi connectivity index (χ0) is 14.0. The molecule has 2 rings (SSSR count). The molecule has 0 saturated heterocycles. The standard InChI is InChI=1S/C12H12N3O3S/c13-3-6-5-19-11-9(6)7(12(14)18)4-15-10(11)8(17)1-2-16/h7,10,15-16H,1-2,4H2,(H2,14,18). The number of nitriles is 1. The van der Waals surface area contributed by atoms with Gasteiger partial charge in [0.1, 0.15) is 12.1 Å². The van der Waals surface area contributed by atoms with E-state index in [-0.39, 0.29) is 30.9 Å². The van der Waals surface area contributed by atoms with Crippen LogP contribution in [0.25, 0.3) is 0 Å². The Kier molecular flexibility index (Phi) is 3.95. The first-order valence-corrected chi connectivity index (χ1v) is 6.52. The topological polar surface area (TPSA) is 116 Å². The Morgan fingerprint density at radius 3 is 2.95 bits per heavy atom. The molecule has 4 N–H and O–H groups in total. The predicted molar refractivity (Wildman–Crippen MR) is 67.3 cm³/mol. The lowest BCUT2D eigenvalue weighted by atomic mass is 9.88. The summed E-state index contributed by atoms with van der Waals surface area (Å²) >= 11 is 1.14. The Morgan fingerprint density at radius 1 is 1.63 bits per heavy atom. The number of fused-ring (bicyclic) bond motifs is 1. The summed E-state index contributed by atoms with van der Waals surface area (Å²) in [7, 11) is 0. The zero-order valence-electron chi connectivity index (χ0n) is 9.97. The molecule has 1 aliphatic heterocycles. The second-order valence-corrected chi connectivity index (χ2v) is 5.05. The maximum Gasteiger partial charge on any atom is 0.226 e. The quantitative estimate of drug-likeness (QED) is 0.692. The highest BCUT2D eigenvalue weighted by Gasteiger charge is 2.36. The van der Waals surface area contributed by atoms with E-state index in [0.29, 0.717) is 10.4 Å². The SMILES string of the molecule is N#Cc1[c]sc2c1C(C(N)=O)CNC2C(=O)CCO. The summed E-state index contributed by atoms with van der Waals surface area (Å²) in [6.45, 7) is -0.0186. The van der Waals surface area contributed by atoms with Crippen molar-refractivity contribution >= 4 is 23.0 Å². The van der Waals surface area contributed by atoms with E-state index < -0.39 is 17.9 Å². The smallest absolute Gasteiger partial charge is 0.226 e. The van der Waals surface area contributed by atoms with E-state index >= 15 is 0 Å². The molecule has 0 saturated carbocycles. The normalized spacial score (nSPS) is 21.5. The van der Waals surface area contributed by atoms with Gasteiger partial charge in [0.05, 0.1) is 23.5 Å². The van der Waals surface area contributed by atoms with Gasteiger partial charge in [-0.25, -0.2) is 0 Å². The number of aliphatic hydroxyl groups is 1. The number of thiophene rings is 1. The Labute approximate surface area is 113 Å². The number of hydrogen-bond donors (Lipinski definition) is 3. The fourth-order valence-electron chi connectivity index (χ4n) is 2.17. The van der Waals surface area contributed by atoms with E-state index in [4.69, 9.17) is 16.1 Å². The van der Waals surface area contributed by atoms with E-state index in [1.807, 2.05) is 6.07 Å². The molecule has 2 unspecified atom stereocenters. The Hall–Kier alpha value is -1.75. The number of carbonyl (C=O) groups is 2. The number of nitrogens with one attached hydrogen (secondary N) is 1. The molecule has 1 aromatic rings. The van der Waals surface area contributed by atoms with E-state index in [9.17, 15) is 9.59 Å². The predicted octanol–water partition coefficient (Wildman–Crippen LogP) is -0.415. The molecule has 0 aromatic carbocycles. The minimum atomic E-state index is -0.620. The van der Waals surface area contributed by atoms with Crippen molar-refractivity contribution in [2.45, 2.75) is 18.4 Å². The average molecular weight is 278 g/mol. The summed E-state index contributed by atoms with van der Waals surface area (Å²) in [6, 6.07) is 1.37. The lowest BCUT2D eigenvalue weighted by molar-refractivity contribution is -0.123. The van der Waals surface area contributed by atoms with Crippen molar-refractivity contribution in [1.29, 1.82) is 5.26 Å². The van der Waals surface area contributed by atoms with Gasteiger partial charge in [-0.2, -0.15) is 5.26 Å².